The second-order valence-corrected chi connectivity index (χ2v) is 6.95. The fourth-order valence-corrected chi connectivity index (χ4v) is 4.31. The van der Waals surface area contributed by atoms with E-state index in [4.69, 9.17) is 18.9 Å². The van der Waals surface area contributed by atoms with Gasteiger partial charge < -0.3 is 18.9 Å². The number of hydrogen-bond donors (Lipinski definition) is 0. The van der Waals surface area contributed by atoms with E-state index in [1.807, 2.05) is 6.07 Å². The van der Waals surface area contributed by atoms with Crippen molar-refractivity contribution in [2.24, 2.45) is 5.41 Å². The Labute approximate surface area is 137 Å². The van der Waals surface area contributed by atoms with Gasteiger partial charge in [0.25, 0.3) is 0 Å². The van der Waals surface area contributed by atoms with Crippen LogP contribution in [0.25, 0.3) is 0 Å². The van der Waals surface area contributed by atoms with Crippen molar-refractivity contribution in [1.29, 1.82) is 0 Å². The van der Waals surface area contributed by atoms with Gasteiger partial charge in [-0.25, -0.2) is 0 Å². The lowest BCUT2D eigenvalue weighted by atomic mass is 9.73. The van der Waals surface area contributed by atoms with Gasteiger partial charge in [-0.15, -0.1) is 0 Å². The van der Waals surface area contributed by atoms with Gasteiger partial charge in [0.15, 0.2) is 11.5 Å². The van der Waals surface area contributed by atoms with E-state index in [-0.39, 0.29) is 5.41 Å². The van der Waals surface area contributed by atoms with Gasteiger partial charge in [-0.1, -0.05) is 6.07 Å². The second kappa shape index (κ2) is 6.30. The van der Waals surface area contributed by atoms with Crippen LogP contribution >= 0.6 is 0 Å². The topological polar surface area (TPSA) is 40.2 Å². The summed E-state index contributed by atoms with van der Waals surface area (Å²) in [5.74, 6) is 1.72. The van der Waals surface area contributed by atoms with E-state index in [9.17, 15) is 0 Å². The minimum atomic E-state index is 0.154. The average Bonchev–Trinajstić information content (AvgIpc) is 3.02. The zero-order valence-corrected chi connectivity index (χ0v) is 13.8. The molecule has 0 bridgehead atoms. The fourth-order valence-electron chi connectivity index (χ4n) is 4.31. The lowest BCUT2D eigenvalue weighted by Crippen LogP contribution is -2.56. The zero-order valence-electron chi connectivity index (χ0n) is 13.8. The molecule has 0 spiro atoms. The van der Waals surface area contributed by atoms with Crippen LogP contribution in [-0.4, -0.2) is 51.2 Å². The quantitative estimate of drug-likeness (QED) is 0.852. The molecule has 1 aromatic rings. The van der Waals surface area contributed by atoms with Gasteiger partial charge in [0, 0.05) is 38.8 Å². The Morgan fingerprint density at radius 2 is 2.22 bits per heavy atom. The lowest BCUT2D eigenvalue weighted by Gasteiger charge is -2.50. The van der Waals surface area contributed by atoms with E-state index < -0.39 is 0 Å². The highest BCUT2D eigenvalue weighted by Crippen LogP contribution is 2.41. The average molecular weight is 319 g/mol. The molecule has 5 heteroatoms. The molecule has 2 fully saturated rings. The fraction of sp³-hybridized carbons (Fsp3) is 0.667. The highest BCUT2D eigenvalue weighted by molar-refractivity contribution is 5.44. The van der Waals surface area contributed by atoms with E-state index in [0.717, 1.165) is 57.2 Å². The number of piperidine rings is 1. The normalized spacial score (nSPS) is 30.2. The van der Waals surface area contributed by atoms with Gasteiger partial charge in [-0.3, -0.25) is 4.90 Å². The summed E-state index contributed by atoms with van der Waals surface area (Å²) >= 11 is 0. The highest BCUT2D eigenvalue weighted by Gasteiger charge is 2.45. The Morgan fingerprint density at radius 3 is 3.13 bits per heavy atom. The number of fused-ring (bicyclic) bond motifs is 2. The zero-order chi connectivity index (χ0) is 15.7. The molecule has 3 aliphatic rings. The summed E-state index contributed by atoms with van der Waals surface area (Å²) in [7, 11) is 1.80. The second-order valence-electron chi connectivity index (χ2n) is 6.95. The Balaban J connectivity index is 1.47. The molecule has 126 valence electrons. The molecule has 0 aliphatic carbocycles. The monoisotopic (exact) mass is 319 g/mol. The van der Waals surface area contributed by atoms with Crippen LogP contribution in [0.1, 0.15) is 24.8 Å². The molecule has 0 N–H and O–H groups in total. The Hall–Kier alpha value is -1.30. The number of benzene rings is 1. The van der Waals surface area contributed by atoms with Crippen LogP contribution in [0.4, 0.5) is 0 Å². The molecular weight excluding hydrogens is 294 g/mol. The summed E-state index contributed by atoms with van der Waals surface area (Å²) in [6, 6.07) is 6.26. The van der Waals surface area contributed by atoms with E-state index in [2.05, 4.69) is 17.0 Å². The van der Waals surface area contributed by atoms with Crippen LogP contribution in [0.15, 0.2) is 18.2 Å². The minimum Gasteiger partial charge on any atom is -0.454 e. The number of rotatable bonds is 4. The SMILES string of the molecule is COC[C@@]12CCCO[C@H]1CCN(Cc1ccc3c(c1)OCO3)C2. The number of hydrogen-bond acceptors (Lipinski definition) is 5. The van der Waals surface area contributed by atoms with Crippen molar-refractivity contribution in [3.05, 3.63) is 23.8 Å². The van der Waals surface area contributed by atoms with Crippen LogP contribution < -0.4 is 9.47 Å². The van der Waals surface area contributed by atoms with E-state index in [0.29, 0.717) is 12.9 Å². The van der Waals surface area contributed by atoms with Crippen LogP contribution in [0.3, 0.4) is 0 Å². The molecule has 0 amide bonds. The Bertz CT molecular complexity index is 560. The molecule has 0 aromatic heterocycles. The summed E-state index contributed by atoms with van der Waals surface area (Å²) in [6.07, 6.45) is 3.78. The van der Waals surface area contributed by atoms with E-state index >= 15 is 0 Å². The molecule has 23 heavy (non-hydrogen) atoms. The first-order valence-electron chi connectivity index (χ1n) is 8.50. The standard InChI is InChI=1S/C18H25NO4/c1-20-12-18-6-2-8-21-17(18)5-7-19(11-18)10-14-3-4-15-16(9-14)23-13-22-15/h3-4,9,17H,2,5-8,10-13H2,1H3/t17-,18-/m0/s1. The van der Waals surface area contributed by atoms with Crippen molar-refractivity contribution in [3.8, 4) is 11.5 Å². The molecular formula is C18H25NO4. The molecule has 0 unspecified atom stereocenters. The van der Waals surface area contributed by atoms with Crippen molar-refractivity contribution in [2.45, 2.75) is 31.9 Å². The Kier molecular flexibility index (Phi) is 4.18. The molecule has 0 radical (unpaired) electrons. The molecule has 3 heterocycles. The summed E-state index contributed by atoms with van der Waals surface area (Å²) in [5.41, 5.74) is 1.43. The molecule has 0 saturated carbocycles. The highest BCUT2D eigenvalue weighted by atomic mass is 16.7. The molecule has 2 atom stereocenters. The van der Waals surface area contributed by atoms with Gasteiger partial charge >= 0.3 is 0 Å². The summed E-state index contributed by atoms with van der Waals surface area (Å²) < 4.78 is 22.5. The summed E-state index contributed by atoms with van der Waals surface area (Å²) in [4.78, 5) is 2.53. The first-order chi connectivity index (χ1) is 11.3. The maximum absolute atomic E-state index is 6.05. The van der Waals surface area contributed by atoms with Gasteiger partial charge in [-0.05, 0) is 37.0 Å². The van der Waals surface area contributed by atoms with E-state index in [1.54, 1.807) is 7.11 Å². The molecule has 3 aliphatic heterocycles. The largest absolute Gasteiger partial charge is 0.454 e. The van der Waals surface area contributed by atoms with Crippen LogP contribution in [0.2, 0.25) is 0 Å². The molecule has 2 saturated heterocycles. The molecule has 1 aromatic carbocycles. The number of nitrogens with zero attached hydrogens (tertiary/aromatic N) is 1. The maximum atomic E-state index is 6.05. The van der Waals surface area contributed by atoms with Gasteiger partial charge in [0.05, 0.1) is 12.7 Å². The predicted molar refractivity (Wildman–Crippen MR) is 85.7 cm³/mol. The third-order valence-corrected chi connectivity index (χ3v) is 5.34. The van der Waals surface area contributed by atoms with Crippen molar-refractivity contribution in [2.75, 3.05) is 40.2 Å². The molecule has 4 rings (SSSR count). The van der Waals surface area contributed by atoms with Crippen molar-refractivity contribution in [3.63, 3.8) is 0 Å². The Morgan fingerprint density at radius 1 is 1.30 bits per heavy atom. The number of methoxy groups -OCH3 is 1. The summed E-state index contributed by atoms with van der Waals surface area (Å²) in [6.45, 7) is 5.07. The number of ether oxygens (including phenoxy) is 4. The van der Waals surface area contributed by atoms with Gasteiger partial charge in [0.1, 0.15) is 0 Å². The predicted octanol–water partition coefficient (Wildman–Crippen LogP) is 2.43. The first kappa shape index (κ1) is 15.2. The summed E-state index contributed by atoms with van der Waals surface area (Å²) in [5, 5.41) is 0. The van der Waals surface area contributed by atoms with Crippen LogP contribution in [-0.2, 0) is 16.0 Å². The van der Waals surface area contributed by atoms with Crippen LogP contribution in [0.5, 0.6) is 11.5 Å². The third kappa shape index (κ3) is 2.93. The lowest BCUT2D eigenvalue weighted by molar-refractivity contribution is -0.149. The smallest absolute Gasteiger partial charge is 0.231 e. The van der Waals surface area contributed by atoms with Gasteiger partial charge in [0.2, 0.25) is 6.79 Å². The maximum Gasteiger partial charge on any atom is 0.231 e. The van der Waals surface area contributed by atoms with E-state index in [1.165, 1.54) is 12.0 Å². The number of likely N-dealkylation sites (tertiary alicyclic amines) is 1. The van der Waals surface area contributed by atoms with Crippen molar-refractivity contribution in [1.82, 2.24) is 4.90 Å². The van der Waals surface area contributed by atoms with Crippen molar-refractivity contribution < 1.29 is 18.9 Å². The molecule has 5 nitrogen and oxygen atoms in total. The first-order valence-corrected chi connectivity index (χ1v) is 8.50. The van der Waals surface area contributed by atoms with Crippen LogP contribution in [0, 0.1) is 5.41 Å². The third-order valence-electron chi connectivity index (χ3n) is 5.34. The van der Waals surface area contributed by atoms with Crippen molar-refractivity contribution >= 4 is 0 Å². The minimum absolute atomic E-state index is 0.154. The van der Waals surface area contributed by atoms with Gasteiger partial charge in [-0.2, -0.15) is 0 Å².